The number of anilines is 1. The summed E-state index contributed by atoms with van der Waals surface area (Å²) >= 11 is 3.45. The van der Waals surface area contributed by atoms with Gasteiger partial charge in [0, 0.05) is 32.6 Å². The summed E-state index contributed by atoms with van der Waals surface area (Å²) in [6.45, 7) is 3.27. The molecule has 5 nitrogen and oxygen atoms in total. The molecule has 1 saturated carbocycles. The molecule has 1 aliphatic rings. The summed E-state index contributed by atoms with van der Waals surface area (Å²) in [5.41, 5.74) is 0. The van der Waals surface area contributed by atoms with Crippen LogP contribution < -0.4 is 4.90 Å². The molecular weight excluding hydrogens is 320 g/mol. The molecule has 2 rings (SSSR count). The summed E-state index contributed by atoms with van der Waals surface area (Å²) in [5, 5.41) is 0. The number of carbonyl (C=O) groups is 1. The van der Waals surface area contributed by atoms with Crippen LogP contribution in [-0.2, 0) is 4.79 Å². The average Bonchev–Trinajstić information content (AvgIpc) is 3.21. The van der Waals surface area contributed by atoms with E-state index in [2.05, 4.69) is 32.8 Å². The van der Waals surface area contributed by atoms with Gasteiger partial charge >= 0.3 is 0 Å². The van der Waals surface area contributed by atoms with E-state index in [9.17, 15) is 4.79 Å². The van der Waals surface area contributed by atoms with Gasteiger partial charge in [0.25, 0.3) is 0 Å². The molecule has 0 unspecified atom stereocenters. The molecule has 0 atom stereocenters. The van der Waals surface area contributed by atoms with Crippen LogP contribution in [0.3, 0.4) is 0 Å². The Hall–Kier alpha value is -1.17. The fourth-order valence-electron chi connectivity index (χ4n) is 1.96. The third-order valence-electron chi connectivity index (χ3n) is 3.28. The first-order valence-electron chi connectivity index (χ1n) is 7.00. The maximum absolute atomic E-state index is 11.9. The zero-order valence-corrected chi connectivity index (χ0v) is 13.9. The molecule has 1 fully saturated rings. The van der Waals surface area contributed by atoms with Crippen molar-refractivity contribution in [2.75, 3.05) is 32.1 Å². The lowest BCUT2D eigenvalue weighted by atomic mass is 10.3. The van der Waals surface area contributed by atoms with Crippen LogP contribution in [0.5, 0.6) is 0 Å². The number of hydrogen-bond donors (Lipinski definition) is 0. The lowest BCUT2D eigenvalue weighted by molar-refractivity contribution is -0.127. The second-order valence-corrected chi connectivity index (χ2v) is 6.20. The van der Waals surface area contributed by atoms with E-state index < -0.39 is 0 Å². The zero-order chi connectivity index (χ0) is 14.7. The number of amides is 1. The molecule has 110 valence electrons. The minimum Gasteiger partial charge on any atom is -0.347 e. The summed E-state index contributed by atoms with van der Waals surface area (Å²) in [6.07, 6.45) is 3.31. The monoisotopic (exact) mass is 340 g/mol. The highest BCUT2D eigenvalue weighted by molar-refractivity contribution is 9.10. The second-order valence-electron chi connectivity index (χ2n) is 5.39. The zero-order valence-electron chi connectivity index (χ0n) is 12.3. The summed E-state index contributed by atoms with van der Waals surface area (Å²) in [7, 11) is 3.55. The third-order valence-corrected chi connectivity index (χ3v) is 3.69. The van der Waals surface area contributed by atoms with Crippen LogP contribution in [-0.4, -0.2) is 48.0 Å². The van der Waals surface area contributed by atoms with Gasteiger partial charge in [0.1, 0.15) is 16.2 Å². The molecule has 0 bridgehead atoms. The second kappa shape index (κ2) is 6.52. The van der Waals surface area contributed by atoms with Crippen molar-refractivity contribution >= 4 is 27.7 Å². The van der Waals surface area contributed by atoms with Gasteiger partial charge < -0.3 is 9.80 Å². The Kier molecular flexibility index (Phi) is 4.96. The first-order valence-corrected chi connectivity index (χ1v) is 7.80. The van der Waals surface area contributed by atoms with Gasteiger partial charge in [0.15, 0.2) is 0 Å². The number of likely N-dealkylation sites (N-methyl/N-ethyl adjacent to an activating group) is 1. The van der Waals surface area contributed by atoms with Crippen molar-refractivity contribution in [1.29, 1.82) is 0 Å². The number of nitrogens with zero attached hydrogens (tertiary/aromatic N) is 4. The minimum atomic E-state index is 0.0844. The van der Waals surface area contributed by atoms with Crippen molar-refractivity contribution < 1.29 is 4.79 Å². The predicted octanol–water partition coefficient (Wildman–Crippen LogP) is 2.42. The van der Waals surface area contributed by atoms with E-state index in [1.807, 2.05) is 11.0 Å². The third kappa shape index (κ3) is 3.91. The largest absolute Gasteiger partial charge is 0.347 e. The van der Waals surface area contributed by atoms with E-state index in [1.165, 1.54) is 12.8 Å². The van der Waals surface area contributed by atoms with Crippen LogP contribution >= 0.6 is 15.9 Å². The first-order chi connectivity index (χ1) is 9.51. The van der Waals surface area contributed by atoms with Crippen molar-refractivity contribution in [1.82, 2.24) is 14.9 Å². The topological polar surface area (TPSA) is 49.3 Å². The van der Waals surface area contributed by atoms with Crippen molar-refractivity contribution in [2.24, 2.45) is 0 Å². The minimum absolute atomic E-state index is 0.0844. The Labute approximate surface area is 128 Å². The fourth-order valence-corrected chi connectivity index (χ4v) is 2.34. The Morgan fingerprint density at radius 2 is 2.10 bits per heavy atom. The molecule has 0 aliphatic heterocycles. The van der Waals surface area contributed by atoms with Crippen LogP contribution in [0.1, 0.15) is 37.9 Å². The SMILES string of the molecule is CCCN(CC(=O)N(C)C)c1cc(Br)nc(C2CC2)n1. The number of hydrogen-bond acceptors (Lipinski definition) is 4. The smallest absolute Gasteiger partial charge is 0.241 e. The molecule has 1 heterocycles. The van der Waals surface area contributed by atoms with Gasteiger partial charge in [-0.05, 0) is 35.2 Å². The van der Waals surface area contributed by atoms with E-state index >= 15 is 0 Å². The molecule has 6 heteroatoms. The van der Waals surface area contributed by atoms with Gasteiger partial charge in [-0.3, -0.25) is 4.79 Å². The molecule has 1 aliphatic carbocycles. The van der Waals surface area contributed by atoms with Gasteiger partial charge in [-0.1, -0.05) is 6.92 Å². The van der Waals surface area contributed by atoms with Crippen molar-refractivity contribution in [3.05, 3.63) is 16.5 Å². The van der Waals surface area contributed by atoms with E-state index in [0.29, 0.717) is 12.5 Å². The normalized spacial score (nSPS) is 14.2. The fraction of sp³-hybridized carbons (Fsp3) is 0.643. The van der Waals surface area contributed by atoms with Gasteiger partial charge in [-0.15, -0.1) is 0 Å². The molecule has 1 amide bonds. The van der Waals surface area contributed by atoms with E-state index in [1.54, 1.807) is 19.0 Å². The van der Waals surface area contributed by atoms with Gasteiger partial charge in [-0.2, -0.15) is 0 Å². The lowest BCUT2D eigenvalue weighted by Crippen LogP contribution is -2.37. The molecule has 0 saturated heterocycles. The highest BCUT2D eigenvalue weighted by Crippen LogP contribution is 2.39. The highest BCUT2D eigenvalue weighted by atomic mass is 79.9. The maximum atomic E-state index is 11.9. The highest BCUT2D eigenvalue weighted by Gasteiger charge is 2.28. The number of carbonyl (C=O) groups excluding carboxylic acids is 1. The predicted molar refractivity (Wildman–Crippen MR) is 82.9 cm³/mol. The standard InChI is InChI=1S/C14H21BrN4O/c1-4-7-19(9-13(20)18(2)3)12-8-11(15)16-14(17-12)10-5-6-10/h8,10H,4-7,9H2,1-3H3. The molecule has 1 aromatic heterocycles. The Bertz CT molecular complexity index is 488. The summed E-state index contributed by atoms with van der Waals surface area (Å²) in [5.74, 6) is 2.32. The van der Waals surface area contributed by atoms with E-state index in [4.69, 9.17) is 0 Å². The lowest BCUT2D eigenvalue weighted by Gasteiger charge is -2.24. The molecular formula is C14H21BrN4O. The maximum Gasteiger partial charge on any atom is 0.241 e. The molecule has 0 N–H and O–H groups in total. The molecule has 0 aromatic carbocycles. The molecule has 0 spiro atoms. The molecule has 1 aromatic rings. The molecule has 20 heavy (non-hydrogen) atoms. The number of rotatable bonds is 6. The first kappa shape index (κ1) is 15.2. The van der Waals surface area contributed by atoms with Crippen LogP contribution in [0.25, 0.3) is 0 Å². The number of halogens is 1. The van der Waals surface area contributed by atoms with Gasteiger partial charge in [-0.25, -0.2) is 9.97 Å². The Balaban J connectivity index is 2.21. The van der Waals surface area contributed by atoms with Gasteiger partial charge in [0.05, 0.1) is 6.54 Å². The van der Waals surface area contributed by atoms with Crippen molar-refractivity contribution in [3.8, 4) is 0 Å². The molecule has 0 radical (unpaired) electrons. The van der Waals surface area contributed by atoms with Crippen molar-refractivity contribution in [2.45, 2.75) is 32.1 Å². The van der Waals surface area contributed by atoms with Crippen molar-refractivity contribution in [3.63, 3.8) is 0 Å². The summed E-state index contributed by atoms with van der Waals surface area (Å²) < 4.78 is 0.794. The Morgan fingerprint density at radius 3 is 2.65 bits per heavy atom. The summed E-state index contributed by atoms with van der Waals surface area (Å²) in [4.78, 5) is 24.7. The average molecular weight is 341 g/mol. The van der Waals surface area contributed by atoms with E-state index in [0.717, 1.165) is 29.2 Å². The van der Waals surface area contributed by atoms with E-state index in [-0.39, 0.29) is 5.91 Å². The van der Waals surface area contributed by atoms with Crippen LogP contribution in [0.15, 0.2) is 10.7 Å². The quantitative estimate of drug-likeness (QED) is 0.746. The Morgan fingerprint density at radius 1 is 1.40 bits per heavy atom. The number of aromatic nitrogens is 2. The van der Waals surface area contributed by atoms with Crippen LogP contribution in [0.4, 0.5) is 5.82 Å². The van der Waals surface area contributed by atoms with Crippen LogP contribution in [0, 0.1) is 0 Å². The van der Waals surface area contributed by atoms with Crippen LogP contribution in [0.2, 0.25) is 0 Å². The summed E-state index contributed by atoms with van der Waals surface area (Å²) in [6, 6.07) is 1.89. The van der Waals surface area contributed by atoms with Gasteiger partial charge in [0.2, 0.25) is 5.91 Å².